The van der Waals surface area contributed by atoms with Gasteiger partial charge in [-0.15, -0.1) is 0 Å². The molecule has 3 rings (SSSR count). The molecular formula is C22H17Cl3N2O2. The largest absolute Gasteiger partial charge is 0.481 e. The first-order valence-corrected chi connectivity index (χ1v) is 9.83. The Kier molecular flexibility index (Phi) is 7.15. The van der Waals surface area contributed by atoms with Crippen LogP contribution in [0.25, 0.3) is 0 Å². The zero-order chi connectivity index (χ0) is 20.8. The average molecular weight is 448 g/mol. The van der Waals surface area contributed by atoms with E-state index in [0.717, 1.165) is 11.3 Å². The topological polar surface area (TPSA) is 50.7 Å². The smallest absolute Gasteiger partial charge is 0.262 e. The Morgan fingerprint density at radius 1 is 1.03 bits per heavy atom. The third kappa shape index (κ3) is 5.97. The van der Waals surface area contributed by atoms with E-state index in [0.29, 0.717) is 16.3 Å². The summed E-state index contributed by atoms with van der Waals surface area (Å²) in [5.41, 5.74) is 3.12. The lowest BCUT2D eigenvalue weighted by atomic mass is 10.2. The van der Waals surface area contributed by atoms with Crippen LogP contribution < -0.4 is 10.1 Å². The number of ether oxygens (including phenoxy) is 1. The molecule has 3 aromatic rings. The number of benzene rings is 3. The molecule has 7 heteroatoms. The number of hydrogen-bond acceptors (Lipinski definition) is 3. The molecule has 0 unspecified atom stereocenters. The first-order valence-electron chi connectivity index (χ1n) is 8.69. The lowest BCUT2D eigenvalue weighted by Gasteiger charge is -2.11. The number of hydrogen-bond donors (Lipinski definition) is 1. The van der Waals surface area contributed by atoms with Crippen molar-refractivity contribution >= 4 is 58.3 Å². The summed E-state index contributed by atoms with van der Waals surface area (Å²) < 4.78 is 5.52. The SMILES string of the molecule is Cc1ccc(Cl)cc1N=Cc1cc(Cl)c(OCC(=O)Nc2ccccc2)c(Cl)c1. The maximum absolute atomic E-state index is 12.0. The highest BCUT2D eigenvalue weighted by molar-refractivity contribution is 6.37. The van der Waals surface area contributed by atoms with E-state index in [-0.39, 0.29) is 28.3 Å². The highest BCUT2D eigenvalue weighted by atomic mass is 35.5. The minimum absolute atomic E-state index is 0.219. The van der Waals surface area contributed by atoms with Crippen LogP contribution in [-0.2, 0) is 4.79 Å². The summed E-state index contributed by atoms with van der Waals surface area (Å²) in [5, 5.41) is 3.91. The molecule has 0 radical (unpaired) electrons. The van der Waals surface area contributed by atoms with Crippen LogP contribution >= 0.6 is 34.8 Å². The number of rotatable bonds is 6. The van der Waals surface area contributed by atoms with Crippen molar-refractivity contribution in [3.05, 3.63) is 86.9 Å². The Bertz CT molecular complexity index is 1030. The van der Waals surface area contributed by atoms with Gasteiger partial charge in [0.15, 0.2) is 12.4 Å². The summed E-state index contributed by atoms with van der Waals surface area (Å²) in [5.74, 6) is -0.0713. The second-order valence-electron chi connectivity index (χ2n) is 6.21. The zero-order valence-electron chi connectivity index (χ0n) is 15.5. The Hall–Kier alpha value is -2.53. The molecule has 0 aliphatic carbocycles. The Morgan fingerprint density at radius 2 is 1.72 bits per heavy atom. The van der Waals surface area contributed by atoms with Gasteiger partial charge in [-0.25, -0.2) is 0 Å². The minimum Gasteiger partial charge on any atom is -0.481 e. The Labute approximate surface area is 184 Å². The van der Waals surface area contributed by atoms with Crippen molar-refractivity contribution in [1.82, 2.24) is 0 Å². The van der Waals surface area contributed by atoms with Crippen LogP contribution in [0.2, 0.25) is 15.1 Å². The van der Waals surface area contributed by atoms with Crippen LogP contribution in [0.3, 0.4) is 0 Å². The zero-order valence-corrected chi connectivity index (χ0v) is 17.7. The molecule has 0 aliphatic rings. The van der Waals surface area contributed by atoms with E-state index < -0.39 is 0 Å². The molecule has 0 bridgehead atoms. The third-order valence-electron chi connectivity index (χ3n) is 3.95. The standard InChI is InChI=1S/C22H17Cl3N2O2/c1-14-7-8-16(23)11-20(14)26-12-15-9-18(24)22(19(25)10-15)29-13-21(28)27-17-5-3-2-4-6-17/h2-12H,13H2,1H3,(H,27,28). The van der Waals surface area contributed by atoms with Gasteiger partial charge in [0.2, 0.25) is 0 Å². The van der Waals surface area contributed by atoms with Crippen molar-refractivity contribution < 1.29 is 9.53 Å². The lowest BCUT2D eigenvalue weighted by molar-refractivity contribution is -0.118. The van der Waals surface area contributed by atoms with Gasteiger partial charge in [0.05, 0.1) is 15.7 Å². The number of aryl methyl sites for hydroxylation is 1. The van der Waals surface area contributed by atoms with Crippen molar-refractivity contribution in [3.63, 3.8) is 0 Å². The van der Waals surface area contributed by atoms with Gasteiger partial charge in [0.25, 0.3) is 5.91 Å². The Balaban J connectivity index is 1.68. The van der Waals surface area contributed by atoms with Gasteiger partial charge in [0.1, 0.15) is 0 Å². The van der Waals surface area contributed by atoms with Crippen molar-refractivity contribution in [3.8, 4) is 5.75 Å². The lowest BCUT2D eigenvalue weighted by Crippen LogP contribution is -2.20. The highest BCUT2D eigenvalue weighted by Gasteiger charge is 2.12. The van der Waals surface area contributed by atoms with Crippen LogP contribution in [0.1, 0.15) is 11.1 Å². The second kappa shape index (κ2) is 9.79. The number of para-hydroxylation sites is 1. The maximum Gasteiger partial charge on any atom is 0.262 e. The number of nitrogens with zero attached hydrogens (tertiary/aromatic N) is 1. The first-order chi connectivity index (χ1) is 13.9. The average Bonchev–Trinajstić information content (AvgIpc) is 2.69. The Morgan fingerprint density at radius 3 is 2.41 bits per heavy atom. The van der Waals surface area contributed by atoms with E-state index >= 15 is 0 Å². The minimum atomic E-state index is -0.314. The van der Waals surface area contributed by atoms with Gasteiger partial charge in [0, 0.05) is 16.9 Å². The molecule has 148 valence electrons. The number of halogens is 3. The summed E-state index contributed by atoms with van der Waals surface area (Å²) in [6.07, 6.45) is 1.64. The van der Waals surface area contributed by atoms with Gasteiger partial charge in [-0.2, -0.15) is 0 Å². The molecule has 0 saturated heterocycles. The van der Waals surface area contributed by atoms with Crippen molar-refractivity contribution in [2.45, 2.75) is 6.92 Å². The van der Waals surface area contributed by atoms with Gasteiger partial charge in [-0.05, 0) is 54.4 Å². The molecule has 4 nitrogen and oxygen atoms in total. The fraction of sp³-hybridized carbons (Fsp3) is 0.0909. The molecule has 29 heavy (non-hydrogen) atoms. The summed E-state index contributed by atoms with van der Waals surface area (Å²) in [6, 6.07) is 17.9. The molecule has 0 aliphatic heterocycles. The van der Waals surface area contributed by atoms with Gasteiger partial charge in [-0.1, -0.05) is 59.1 Å². The van der Waals surface area contributed by atoms with E-state index in [1.807, 2.05) is 37.3 Å². The fourth-order valence-electron chi connectivity index (χ4n) is 2.51. The molecule has 1 N–H and O–H groups in total. The number of carbonyl (C=O) groups excluding carboxylic acids is 1. The molecule has 0 atom stereocenters. The maximum atomic E-state index is 12.0. The molecule has 0 fully saturated rings. The predicted octanol–water partition coefficient (Wildman–Crippen LogP) is 6.72. The first kappa shape index (κ1) is 21.2. The van der Waals surface area contributed by atoms with Crippen LogP contribution in [0.15, 0.2) is 65.7 Å². The molecule has 0 spiro atoms. The van der Waals surface area contributed by atoms with Crippen LogP contribution in [0.5, 0.6) is 5.75 Å². The quantitative estimate of drug-likeness (QED) is 0.426. The highest BCUT2D eigenvalue weighted by Crippen LogP contribution is 2.34. The molecule has 1 amide bonds. The van der Waals surface area contributed by atoms with Gasteiger partial charge >= 0.3 is 0 Å². The van der Waals surface area contributed by atoms with E-state index in [2.05, 4.69) is 10.3 Å². The van der Waals surface area contributed by atoms with Gasteiger partial charge < -0.3 is 10.1 Å². The van der Waals surface area contributed by atoms with E-state index in [4.69, 9.17) is 39.5 Å². The predicted molar refractivity (Wildman–Crippen MR) is 120 cm³/mol. The monoisotopic (exact) mass is 446 g/mol. The van der Waals surface area contributed by atoms with Gasteiger partial charge in [-0.3, -0.25) is 9.79 Å². The summed E-state index contributed by atoms with van der Waals surface area (Å²) >= 11 is 18.6. The van der Waals surface area contributed by atoms with E-state index in [9.17, 15) is 4.79 Å². The molecule has 0 aromatic heterocycles. The number of anilines is 1. The molecule has 0 saturated carbocycles. The number of nitrogens with one attached hydrogen (secondary N) is 1. The van der Waals surface area contributed by atoms with E-state index in [1.54, 1.807) is 36.5 Å². The summed E-state index contributed by atoms with van der Waals surface area (Å²) in [6.45, 7) is 1.73. The summed E-state index contributed by atoms with van der Waals surface area (Å²) in [7, 11) is 0. The fourth-order valence-corrected chi connectivity index (χ4v) is 3.29. The molecule has 3 aromatic carbocycles. The summed E-state index contributed by atoms with van der Waals surface area (Å²) in [4.78, 5) is 16.5. The number of carbonyl (C=O) groups is 1. The third-order valence-corrected chi connectivity index (χ3v) is 4.75. The number of amides is 1. The van der Waals surface area contributed by atoms with Crippen molar-refractivity contribution in [2.24, 2.45) is 4.99 Å². The number of aliphatic imine (C=N–C) groups is 1. The second-order valence-corrected chi connectivity index (χ2v) is 7.46. The van der Waals surface area contributed by atoms with Crippen LogP contribution in [0, 0.1) is 6.92 Å². The van der Waals surface area contributed by atoms with Crippen molar-refractivity contribution in [2.75, 3.05) is 11.9 Å². The normalized spacial score (nSPS) is 10.9. The van der Waals surface area contributed by atoms with E-state index in [1.165, 1.54) is 0 Å². The van der Waals surface area contributed by atoms with Crippen molar-refractivity contribution in [1.29, 1.82) is 0 Å². The molecular weight excluding hydrogens is 431 g/mol. The molecule has 0 heterocycles. The van der Waals surface area contributed by atoms with Crippen LogP contribution in [0.4, 0.5) is 11.4 Å². The van der Waals surface area contributed by atoms with Crippen LogP contribution in [-0.4, -0.2) is 18.7 Å².